The summed E-state index contributed by atoms with van der Waals surface area (Å²) < 4.78 is 27.1. The van der Waals surface area contributed by atoms with Crippen LogP contribution in [0.15, 0.2) is 23.1 Å². The van der Waals surface area contributed by atoms with Crippen LogP contribution in [0.4, 0.5) is 0 Å². The number of aryl methyl sites for hydroxylation is 2. The van der Waals surface area contributed by atoms with Gasteiger partial charge in [-0.15, -0.1) is 0 Å². The predicted octanol–water partition coefficient (Wildman–Crippen LogP) is 1.69. The smallest absolute Gasteiger partial charge is 0.303 e. The van der Waals surface area contributed by atoms with Crippen LogP contribution in [-0.4, -0.2) is 49.3 Å². The Morgan fingerprint density at radius 3 is 2.46 bits per heavy atom. The van der Waals surface area contributed by atoms with Gasteiger partial charge in [-0.2, -0.15) is 4.31 Å². The third-order valence-electron chi connectivity index (χ3n) is 4.64. The van der Waals surface area contributed by atoms with E-state index in [2.05, 4.69) is 5.32 Å². The predicted molar refractivity (Wildman–Crippen MR) is 97.3 cm³/mol. The lowest BCUT2D eigenvalue weighted by atomic mass is 9.97. The normalized spacial score (nSPS) is 16.4. The number of carbonyl (C=O) groups excluding carboxylic acids is 1. The number of carboxylic acid groups (broad SMARTS) is 1. The lowest BCUT2D eigenvalue weighted by Crippen LogP contribution is -2.43. The summed E-state index contributed by atoms with van der Waals surface area (Å²) in [5.41, 5.74) is 1.74. The van der Waals surface area contributed by atoms with Crippen LogP contribution < -0.4 is 5.32 Å². The first-order chi connectivity index (χ1) is 12.2. The summed E-state index contributed by atoms with van der Waals surface area (Å²) in [6.45, 7) is 4.65. The fourth-order valence-corrected chi connectivity index (χ4v) is 4.86. The lowest BCUT2D eigenvalue weighted by Gasteiger charge is -2.31. The largest absolute Gasteiger partial charge is 0.481 e. The van der Waals surface area contributed by atoms with Gasteiger partial charge in [0, 0.05) is 32.0 Å². The van der Waals surface area contributed by atoms with Crippen molar-refractivity contribution in [3.8, 4) is 0 Å². The number of piperidine rings is 1. The van der Waals surface area contributed by atoms with E-state index in [4.69, 9.17) is 5.11 Å². The Hall–Kier alpha value is -1.93. The number of benzene rings is 1. The third-order valence-corrected chi connectivity index (χ3v) is 6.70. The van der Waals surface area contributed by atoms with Crippen LogP contribution >= 0.6 is 0 Å². The highest BCUT2D eigenvalue weighted by molar-refractivity contribution is 7.89. The van der Waals surface area contributed by atoms with Crippen LogP contribution in [-0.2, 0) is 19.6 Å². The van der Waals surface area contributed by atoms with Gasteiger partial charge in [-0.3, -0.25) is 9.59 Å². The van der Waals surface area contributed by atoms with Gasteiger partial charge in [0.2, 0.25) is 15.9 Å². The zero-order valence-electron chi connectivity index (χ0n) is 15.2. The van der Waals surface area contributed by atoms with E-state index in [0.717, 1.165) is 11.1 Å². The molecule has 1 fully saturated rings. The van der Waals surface area contributed by atoms with E-state index in [-0.39, 0.29) is 18.2 Å². The van der Waals surface area contributed by atoms with Gasteiger partial charge in [-0.05, 0) is 44.7 Å². The Balaban J connectivity index is 1.91. The Bertz CT molecular complexity index is 768. The molecule has 0 bridgehead atoms. The minimum absolute atomic E-state index is 0.0207. The molecule has 0 saturated carbocycles. The van der Waals surface area contributed by atoms with Crippen molar-refractivity contribution in [1.82, 2.24) is 9.62 Å². The number of carboxylic acids is 1. The molecule has 2 N–H and O–H groups in total. The van der Waals surface area contributed by atoms with E-state index in [1.54, 1.807) is 19.1 Å². The molecule has 1 amide bonds. The van der Waals surface area contributed by atoms with Crippen molar-refractivity contribution in [3.63, 3.8) is 0 Å². The average molecular weight is 382 g/mol. The number of rotatable bonds is 7. The van der Waals surface area contributed by atoms with Crippen molar-refractivity contribution in [1.29, 1.82) is 0 Å². The van der Waals surface area contributed by atoms with Crippen LogP contribution in [0.25, 0.3) is 0 Å². The summed E-state index contributed by atoms with van der Waals surface area (Å²) >= 11 is 0. The first kappa shape index (κ1) is 20.4. The van der Waals surface area contributed by atoms with Gasteiger partial charge >= 0.3 is 5.97 Å². The second-order valence-corrected chi connectivity index (χ2v) is 8.64. The highest BCUT2D eigenvalue weighted by Crippen LogP contribution is 2.26. The van der Waals surface area contributed by atoms with E-state index < -0.39 is 16.0 Å². The Morgan fingerprint density at radius 2 is 1.88 bits per heavy atom. The Kier molecular flexibility index (Phi) is 6.77. The molecular formula is C18H26N2O5S. The quantitative estimate of drug-likeness (QED) is 0.699. The number of nitrogens with one attached hydrogen (secondary N) is 1. The molecule has 1 aliphatic rings. The summed E-state index contributed by atoms with van der Waals surface area (Å²) in [5.74, 6) is -1.24. The third kappa shape index (κ3) is 5.04. The molecule has 1 aliphatic heterocycles. The zero-order valence-corrected chi connectivity index (χ0v) is 16.0. The molecule has 1 saturated heterocycles. The first-order valence-electron chi connectivity index (χ1n) is 8.78. The van der Waals surface area contributed by atoms with Crippen LogP contribution in [0.3, 0.4) is 0 Å². The van der Waals surface area contributed by atoms with Crippen LogP contribution in [0.5, 0.6) is 0 Å². The molecule has 0 spiro atoms. The van der Waals surface area contributed by atoms with Crippen molar-refractivity contribution in [2.45, 2.75) is 44.4 Å². The van der Waals surface area contributed by atoms with Crippen molar-refractivity contribution in [3.05, 3.63) is 29.3 Å². The summed E-state index contributed by atoms with van der Waals surface area (Å²) in [6.07, 6.45) is 1.34. The zero-order chi connectivity index (χ0) is 19.3. The van der Waals surface area contributed by atoms with E-state index in [1.165, 1.54) is 4.31 Å². The highest BCUT2D eigenvalue weighted by Gasteiger charge is 2.32. The van der Waals surface area contributed by atoms with Crippen molar-refractivity contribution >= 4 is 21.9 Å². The molecule has 2 rings (SSSR count). The maximum absolute atomic E-state index is 12.8. The van der Waals surface area contributed by atoms with Gasteiger partial charge in [0.1, 0.15) is 0 Å². The highest BCUT2D eigenvalue weighted by atomic mass is 32.2. The number of nitrogens with zero attached hydrogens (tertiary/aromatic N) is 1. The maximum Gasteiger partial charge on any atom is 0.303 e. The standard InChI is InChI=1S/C18H26N2O5S/c1-13-5-6-16(14(2)12-13)26(24,25)20-10-7-15(8-11-20)18(23)19-9-3-4-17(21)22/h5-6,12,15H,3-4,7-11H2,1-2H3,(H,19,23)(H,21,22). The van der Waals surface area contributed by atoms with Gasteiger partial charge in [-0.1, -0.05) is 17.7 Å². The van der Waals surface area contributed by atoms with Crippen molar-refractivity contribution in [2.75, 3.05) is 19.6 Å². The topological polar surface area (TPSA) is 104 Å². The van der Waals surface area contributed by atoms with Gasteiger partial charge < -0.3 is 10.4 Å². The molecule has 0 radical (unpaired) electrons. The van der Waals surface area contributed by atoms with Crippen molar-refractivity contribution in [2.24, 2.45) is 5.92 Å². The summed E-state index contributed by atoms with van der Waals surface area (Å²) in [5, 5.41) is 11.3. The van der Waals surface area contributed by atoms with Gasteiger partial charge in [-0.25, -0.2) is 8.42 Å². The molecule has 0 atom stereocenters. The Labute approximate surface area is 154 Å². The molecule has 1 aromatic carbocycles. The second-order valence-electron chi connectivity index (χ2n) is 6.74. The van der Waals surface area contributed by atoms with Gasteiger partial charge in [0.05, 0.1) is 4.90 Å². The maximum atomic E-state index is 12.8. The molecular weight excluding hydrogens is 356 g/mol. The average Bonchev–Trinajstić information content (AvgIpc) is 2.58. The molecule has 0 unspecified atom stereocenters. The SMILES string of the molecule is Cc1ccc(S(=O)(=O)N2CCC(C(=O)NCCCC(=O)O)CC2)c(C)c1. The summed E-state index contributed by atoms with van der Waals surface area (Å²) in [6, 6.07) is 5.28. The minimum atomic E-state index is -3.55. The molecule has 0 aromatic heterocycles. The fourth-order valence-electron chi connectivity index (χ4n) is 3.18. The molecule has 1 heterocycles. The molecule has 1 aromatic rings. The monoisotopic (exact) mass is 382 g/mol. The number of carbonyl (C=O) groups is 2. The van der Waals surface area contributed by atoms with Crippen LogP contribution in [0.2, 0.25) is 0 Å². The molecule has 144 valence electrons. The van der Waals surface area contributed by atoms with Crippen LogP contribution in [0, 0.1) is 19.8 Å². The number of hydrogen-bond acceptors (Lipinski definition) is 4. The van der Waals surface area contributed by atoms with E-state index in [0.29, 0.717) is 43.8 Å². The van der Waals surface area contributed by atoms with E-state index in [1.807, 2.05) is 13.0 Å². The van der Waals surface area contributed by atoms with Crippen LogP contribution in [0.1, 0.15) is 36.8 Å². The fraction of sp³-hybridized carbons (Fsp3) is 0.556. The summed E-state index contributed by atoms with van der Waals surface area (Å²) in [4.78, 5) is 22.9. The number of sulfonamides is 1. The molecule has 7 nitrogen and oxygen atoms in total. The number of amides is 1. The number of aliphatic carboxylic acids is 1. The summed E-state index contributed by atoms with van der Waals surface area (Å²) in [7, 11) is -3.55. The minimum Gasteiger partial charge on any atom is -0.481 e. The van der Waals surface area contributed by atoms with E-state index >= 15 is 0 Å². The molecule has 26 heavy (non-hydrogen) atoms. The van der Waals surface area contributed by atoms with Crippen molar-refractivity contribution < 1.29 is 23.1 Å². The van der Waals surface area contributed by atoms with Gasteiger partial charge in [0.15, 0.2) is 0 Å². The second kappa shape index (κ2) is 8.64. The van der Waals surface area contributed by atoms with E-state index in [9.17, 15) is 18.0 Å². The number of hydrogen-bond donors (Lipinski definition) is 2. The molecule has 8 heteroatoms. The first-order valence-corrected chi connectivity index (χ1v) is 10.2. The molecule has 0 aliphatic carbocycles. The lowest BCUT2D eigenvalue weighted by molar-refractivity contribution is -0.137. The van der Waals surface area contributed by atoms with Gasteiger partial charge in [0.25, 0.3) is 0 Å². The Morgan fingerprint density at radius 1 is 1.23 bits per heavy atom.